The third-order valence-corrected chi connectivity index (χ3v) is 5.70. The number of carbonyl (C=O) groups excluding carboxylic acids is 2. The number of nitrogens with zero attached hydrogens (tertiary/aromatic N) is 3. The van der Waals surface area contributed by atoms with Crippen molar-refractivity contribution >= 4 is 29.2 Å². The van der Waals surface area contributed by atoms with Gasteiger partial charge in [0.05, 0.1) is 17.3 Å². The van der Waals surface area contributed by atoms with Crippen molar-refractivity contribution in [2.24, 2.45) is 0 Å². The molecule has 2 heterocycles. The van der Waals surface area contributed by atoms with E-state index >= 15 is 0 Å². The minimum absolute atomic E-state index is 0.0728. The van der Waals surface area contributed by atoms with Crippen LogP contribution in [0.4, 0.5) is 5.82 Å². The molecule has 1 saturated heterocycles. The number of amides is 2. The number of ether oxygens (including phenoxy) is 2. The number of halogens is 1. The van der Waals surface area contributed by atoms with Gasteiger partial charge < -0.3 is 24.8 Å². The van der Waals surface area contributed by atoms with Gasteiger partial charge in [-0.2, -0.15) is 0 Å². The first-order chi connectivity index (χ1) is 16.8. The van der Waals surface area contributed by atoms with Gasteiger partial charge in [-0.25, -0.2) is 4.98 Å². The van der Waals surface area contributed by atoms with Crippen molar-refractivity contribution in [1.82, 2.24) is 14.9 Å². The van der Waals surface area contributed by atoms with Crippen LogP contribution in [0, 0.1) is 6.92 Å². The highest BCUT2D eigenvalue weighted by Crippen LogP contribution is 2.33. The van der Waals surface area contributed by atoms with Gasteiger partial charge in [0, 0.05) is 42.7 Å². The maximum Gasteiger partial charge on any atom is 0.257 e. The maximum absolute atomic E-state index is 13.0. The molecular weight excluding hydrogens is 472 g/mol. The quantitative estimate of drug-likeness (QED) is 0.482. The number of likely N-dealkylation sites (tertiary alicyclic amines) is 1. The van der Waals surface area contributed by atoms with Gasteiger partial charge >= 0.3 is 0 Å². The number of carbonyl (C=O) groups is 2. The second kappa shape index (κ2) is 10.7. The summed E-state index contributed by atoms with van der Waals surface area (Å²) in [4.78, 5) is 35.4. The first-order valence-electron chi connectivity index (χ1n) is 11.1. The number of hydrogen-bond donors (Lipinski definition) is 2. The van der Waals surface area contributed by atoms with E-state index in [2.05, 4.69) is 15.3 Å². The number of hydrogen-bond acceptors (Lipinski definition) is 7. The molecule has 10 heteroatoms. The molecule has 1 aliphatic rings. The summed E-state index contributed by atoms with van der Waals surface area (Å²) in [5.74, 6) is 0.748. The molecule has 182 valence electrons. The van der Waals surface area contributed by atoms with Gasteiger partial charge in [0.1, 0.15) is 23.4 Å². The second-order valence-corrected chi connectivity index (χ2v) is 8.55. The lowest BCUT2D eigenvalue weighted by atomic mass is 10.1. The number of aryl methyl sites for hydroxylation is 1. The first kappa shape index (κ1) is 24.4. The molecule has 4 rings (SSSR count). The Hall–Kier alpha value is -3.69. The smallest absolute Gasteiger partial charge is 0.257 e. The zero-order valence-corrected chi connectivity index (χ0v) is 20.1. The SMILES string of the molecule is Cc1nccnc1NC(=O)c1cc(Oc2ccc(C(=O)N3CCC3)cc2Cl)cc(O[C@@H](C)CO)c1. The number of aromatic nitrogens is 2. The number of anilines is 1. The fraction of sp³-hybridized carbons (Fsp3) is 0.280. The minimum Gasteiger partial charge on any atom is -0.488 e. The second-order valence-electron chi connectivity index (χ2n) is 8.14. The van der Waals surface area contributed by atoms with Crippen LogP contribution in [0.15, 0.2) is 48.8 Å². The highest BCUT2D eigenvalue weighted by Gasteiger charge is 2.22. The van der Waals surface area contributed by atoms with Gasteiger partial charge in [-0.15, -0.1) is 0 Å². The third kappa shape index (κ3) is 5.87. The van der Waals surface area contributed by atoms with Crippen molar-refractivity contribution in [3.63, 3.8) is 0 Å². The molecule has 0 saturated carbocycles. The Morgan fingerprint density at radius 3 is 2.51 bits per heavy atom. The van der Waals surface area contributed by atoms with E-state index in [4.69, 9.17) is 21.1 Å². The normalized spacial score (nSPS) is 13.5. The van der Waals surface area contributed by atoms with Crippen LogP contribution in [-0.4, -0.2) is 57.6 Å². The van der Waals surface area contributed by atoms with Crippen LogP contribution < -0.4 is 14.8 Å². The molecule has 0 aliphatic carbocycles. The summed E-state index contributed by atoms with van der Waals surface area (Å²) in [7, 11) is 0. The number of benzene rings is 2. The number of aliphatic hydroxyl groups is 1. The monoisotopic (exact) mass is 496 g/mol. The first-order valence-corrected chi connectivity index (χ1v) is 11.5. The summed E-state index contributed by atoms with van der Waals surface area (Å²) in [5.41, 5.74) is 1.29. The van der Waals surface area contributed by atoms with E-state index < -0.39 is 12.0 Å². The van der Waals surface area contributed by atoms with Crippen molar-refractivity contribution in [3.8, 4) is 17.2 Å². The van der Waals surface area contributed by atoms with Gasteiger partial charge in [-0.05, 0) is 50.6 Å². The zero-order chi connectivity index (χ0) is 24.9. The lowest BCUT2D eigenvalue weighted by Gasteiger charge is -2.31. The third-order valence-electron chi connectivity index (χ3n) is 5.40. The van der Waals surface area contributed by atoms with Crippen molar-refractivity contribution in [2.45, 2.75) is 26.4 Å². The van der Waals surface area contributed by atoms with E-state index in [0.29, 0.717) is 28.6 Å². The number of aliphatic hydroxyl groups excluding tert-OH is 1. The van der Waals surface area contributed by atoms with Crippen LogP contribution in [0.3, 0.4) is 0 Å². The Labute approximate surface area is 207 Å². The Kier molecular flexibility index (Phi) is 7.48. The average molecular weight is 497 g/mol. The molecule has 0 radical (unpaired) electrons. The molecule has 2 N–H and O–H groups in total. The molecule has 2 amide bonds. The van der Waals surface area contributed by atoms with Gasteiger partial charge in [0.2, 0.25) is 0 Å². The molecule has 1 aromatic heterocycles. The summed E-state index contributed by atoms with van der Waals surface area (Å²) in [6, 6.07) is 9.49. The molecular formula is C25H25ClN4O5. The lowest BCUT2D eigenvalue weighted by Crippen LogP contribution is -2.41. The van der Waals surface area contributed by atoms with Crippen molar-refractivity contribution in [2.75, 3.05) is 25.0 Å². The van der Waals surface area contributed by atoms with Crippen LogP contribution in [0.2, 0.25) is 5.02 Å². The Morgan fingerprint density at radius 1 is 1.11 bits per heavy atom. The average Bonchev–Trinajstić information content (AvgIpc) is 2.80. The van der Waals surface area contributed by atoms with Crippen LogP contribution in [0.5, 0.6) is 17.2 Å². The molecule has 2 aromatic carbocycles. The summed E-state index contributed by atoms with van der Waals surface area (Å²) >= 11 is 6.41. The number of rotatable bonds is 8. The van der Waals surface area contributed by atoms with Crippen LogP contribution >= 0.6 is 11.6 Å². The fourth-order valence-electron chi connectivity index (χ4n) is 3.35. The number of nitrogens with one attached hydrogen (secondary N) is 1. The van der Waals surface area contributed by atoms with E-state index in [9.17, 15) is 14.7 Å². The predicted molar refractivity (Wildman–Crippen MR) is 130 cm³/mol. The Balaban J connectivity index is 1.59. The molecule has 0 spiro atoms. The van der Waals surface area contributed by atoms with E-state index in [1.54, 1.807) is 43.0 Å². The van der Waals surface area contributed by atoms with Crippen LogP contribution in [0.1, 0.15) is 39.8 Å². The Bertz CT molecular complexity index is 1250. The molecule has 1 fully saturated rings. The largest absolute Gasteiger partial charge is 0.488 e. The van der Waals surface area contributed by atoms with Crippen LogP contribution in [0.25, 0.3) is 0 Å². The van der Waals surface area contributed by atoms with Gasteiger partial charge in [0.25, 0.3) is 11.8 Å². The van der Waals surface area contributed by atoms with E-state index in [1.165, 1.54) is 24.5 Å². The van der Waals surface area contributed by atoms with E-state index in [0.717, 1.165) is 19.5 Å². The van der Waals surface area contributed by atoms with E-state index in [-0.39, 0.29) is 28.8 Å². The minimum atomic E-state index is -0.501. The molecule has 0 unspecified atom stereocenters. The van der Waals surface area contributed by atoms with Gasteiger partial charge in [-0.3, -0.25) is 14.6 Å². The summed E-state index contributed by atoms with van der Waals surface area (Å²) in [5, 5.41) is 12.4. The van der Waals surface area contributed by atoms with Crippen molar-refractivity contribution in [3.05, 3.63) is 70.6 Å². The molecule has 1 aliphatic heterocycles. The Morgan fingerprint density at radius 2 is 1.86 bits per heavy atom. The lowest BCUT2D eigenvalue weighted by molar-refractivity contribution is 0.0651. The zero-order valence-electron chi connectivity index (χ0n) is 19.3. The standard InChI is InChI=1S/C25H25ClN4O5/c1-15(14-31)34-19-10-18(24(32)29-23-16(2)27-6-7-28-23)11-20(13-19)35-22-5-4-17(12-21(22)26)25(33)30-8-3-9-30/h4-7,10-13,15,31H,3,8-9,14H2,1-2H3,(H,28,29,32)/t15-/m0/s1. The van der Waals surface area contributed by atoms with Gasteiger partial charge in [-0.1, -0.05) is 11.6 Å². The highest BCUT2D eigenvalue weighted by atomic mass is 35.5. The summed E-state index contributed by atoms with van der Waals surface area (Å²) < 4.78 is 11.7. The molecule has 0 bridgehead atoms. The fourth-order valence-corrected chi connectivity index (χ4v) is 3.57. The highest BCUT2D eigenvalue weighted by molar-refractivity contribution is 6.32. The van der Waals surface area contributed by atoms with E-state index in [1.807, 2.05) is 0 Å². The van der Waals surface area contributed by atoms with Crippen molar-refractivity contribution < 1.29 is 24.2 Å². The summed E-state index contributed by atoms with van der Waals surface area (Å²) in [6.45, 7) is 4.71. The molecule has 3 aromatic rings. The van der Waals surface area contributed by atoms with Crippen molar-refractivity contribution in [1.29, 1.82) is 0 Å². The predicted octanol–water partition coefficient (Wildman–Crippen LogP) is 4.09. The van der Waals surface area contributed by atoms with Crippen LogP contribution in [-0.2, 0) is 0 Å². The topological polar surface area (TPSA) is 114 Å². The molecule has 1 atom stereocenters. The summed E-state index contributed by atoms with van der Waals surface area (Å²) in [6.07, 6.45) is 3.52. The maximum atomic E-state index is 13.0. The molecule has 35 heavy (non-hydrogen) atoms. The molecule has 9 nitrogen and oxygen atoms in total. The van der Waals surface area contributed by atoms with Gasteiger partial charge in [0.15, 0.2) is 5.82 Å².